The Bertz CT molecular complexity index is 924. The molecule has 0 bridgehead atoms. The van der Waals surface area contributed by atoms with Crippen molar-refractivity contribution in [2.45, 2.75) is 58.5 Å². The van der Waals surface area contributed by atoms with Gasteiger partial charge in [-0.2, -0.15) is 4.98 Å². The summed E-state index contributed by atoms with van der Waals surface area (Å²) in [6.45, 7) is 6.64. The van der Waals surface area contributed by atoms with Gasteiger partial charge in [0.15, 0.2) is 5.82 Å². The summed E-state index contributed by atoms with van der Waals surface area (Å²) in [6.07, 6.45) is 6.39. The van der Waals surface area contributed by atoms with E-state index in [1.165, 1.54) is 25.0 Å². The van der Waals surface area contributed by atoms with E-state index in [0.29, 0.717) is 18.5 Å². The van der Waals surface area contributed by atoms with Crippen molar-refractivity contribution in [2.24, 2.45) is 5.41 Å². The zero-order valence-corrected chi connectivity index (χ0v) is 18.2. The van der Waals surface area contributed by atoms with Crippen LogP contribution in [0.4, 0.5) is 21.8 Å². The third-order valence-corrected chi connectivity index (χ3v) is 6.31. The van der Waals surface area contributed by atoms with Crippen molar-refractivity contribution in [1.82, 2.24) is 9.97 Å². The molecule has 1 amide bonds. The topological polar surface area (TPSA) is 61.4 Å². The van der Waals surface area contributed by atoms with E-state index in [4.69, 9.17) is 4.98 Å². The molecule has 1 unspecified atom stereocenters. The average Bonchev–Trinajstić information content (AvgIpc) is 3.24. The number of halogens is 1. The van der Waals surface area contributed by atoms with Crippen LogP contribution >= 0.6 is 0 Å². The van der Waals surface area contributed by atoms with E-state index in [0.717, 1.165) is 29.9 Å². The summed E-state index contributed by atoms with van der Waals surface area (Å²) in [6, 6.07) is 6.74. The highest BCUT2D eigenvalue weighted by Crippen LogP contribution is 2.40. The molecule has 0 radical (unpaired) electrons. The van der Waals surface area contributed by atoms with Crippen LogP contribution in [0.3, 0.4) is 0 Å². The largest absolute Gasteiger partial charge is 0.351 e. The molecule has 2 aromatic rings. The summed E-state index contributed by atoms with van der Waals surface area (Å²) < 4.78 is 13.2. The maximum Gasteiger partial charge on any atom is 0.234 e. The first-order valence-corrected chi connectivity index (χ1v) is 10.7. The van der Waals surface area contributed by atoms with E-state index in [9.17, 15) is 9.18 Å². The summed E-state index contributed by atoms with van der Waals surface area (Å²) in [5, 5.41) is 3.33. The molecular formula is C23H30FN5O. The van der Waals surface area contributed by atoms with Crippen LogP contribution in [0.2, 0.25) is 0 Å². The minimum atomic E-state index is -0.507. The van der Waals surface area contributed by atoms with Gasteiger partial charge in [-0.3, -0.25) is 4.79 Å². The first-order chi connectivity index (χ1) is 14.3. The number of hydrogen-bond donors (Lipinski definition) is 1. The van der Waals surface area contributed by atoms with Gasteiger partial charge in [-0.05, 0) is 51.3 Å². The molecule has 1 N–H and O–H groups in total. The lowest BCUT2D eigenvalue weighted by molar-refractivity contribution is -0.125. The number of fused-ring (bicyclic) bond motifs is 1. The first-order valence-electron chi connectivity index (χ1n) is 10.7. The van der Waals surface area contributed by atoms with Gasteiger partial charge in [0.05, 0.1) is 17.7 Å². The average molecular weight is 412 g/mol. The zero-order chi connectivity index (χ0) is 21.5. The Balaban J connectivity index is 1.68. The van der Waals surface area contributed by atoms with Crippen LogP contribution in [0.15, 0.2) is 30.5 Å². The van der Waals surface area contributed by atoms with E-state index in [1.807, 2.05) is 20.8 Å². The maximum absolute atomic E-state index is 13.2. The molecular weight excluding hydrogens is 381 g/mol. The number of carbonyl (C=O) groups is 1. The van der Waals surface area contributed by atoms with Gasteiger partial charge in [0.2, 0.25) is 11.9 Å². The molecule has 1 saturated carbocycles. The molecule has 2 aliphatic rings. The Hall–Kier alpha value is -2.70. The van der Waals surface area contributed by atoms with Crippen LogP contribution in [-0.2, 0) is 4.79 Å². The second-order valence-corrected chi connectivity index (χ2v) is 9.13. The number of benzene rings is 1. The number of carbonyl (C=O) groups excluding carboxylic acids is 1. The SMILES string of the molecule is CC(Nc1ncc2c(n1)N(C1CCCC1)CC(C)(C)C(=O)N2C)c1ccc(F)cc1. The lowest BCUT2D eigenvalue weighted by atomic mass is 9.91. The fourth-order valence-corrected chi connectivity index (χ4v) is 4.56. The fourth-order valence-electron chi connectivity index (χ4n) is 4.56. The van der Waals surface area contributed by atoms with E-state index in [2.05, 4.69) is 15.2 Å². The van der Waals surface area contributed by atoms with Gasteiger partial charge in [-0.25, -0.2) is 9.37 Å². The van der Waals surface area contributed by atoms with Crippen LogP contribution in [0, 0.1) is 11.2 Å². The monoisotopic (exact) mass is 411 g/mol. The molecule has 0 saturated heterocycles. The molecule has 1 fully saturated rings. The smallest absolute Gasteiger partial charge is 0.234 e. The number of amides is 1. The van der Waals surface area contributed by atoms with E-state index < -0.39 is 5.41 Å². The predicted molar refractivity (Wildman–Crippen MR) is 117 cm³/mol. The van der Waals surface area contributed by atoms with Crippen molar-refractivity contribution < 1.29 is 9.18 Å². The Morgan fingerprint density at radius 1 is 1.20 bits per heavy atom. The zero-order valence-electron chi connectivity index (χ0n) is 18.2. The normalized spacial score (nSPS) is 20.1. The number of anilines is 3. The summed E-state index contributed by atoms with van der Waals surface area (Å²) in [4.78, 5) is 26.4. The Morgan fingerprint density at radius 2 is 1.87 bits per heavy atom. The molecule has 160 valence electrons. The lowest BCUT2D eigenvalue weighted by Gasteiger charge is -2.34. The molecule has 30 heavy (non-hydrogen) atoms. The molecule has 1 aliphatic carbocycles. The summed E-state index contributed by atoms with van der Waals surface area (Å²) in [5.41, 5.74) is 1.20. The number of nitrogens with one attached hydrogen (secondary N) is 1. The second kappa shape index (κ2) is 7.85. The number of aromatic nitrogens is 2. The van der Waals surface area contributed by atoms with Gasteiger partial charge in [-0.15, -0.1) is 0 Å². The van der Waals surface area contributed by atoms with Crippen molar-refractivity contribution in [1.29, 1.82) is 0 Å². The predicted octanol–water partition coefficient (Wildman–Crippen LogP) is 4.54. The van der Waals surface area contributed by atoms with Crippen LogP contribution in [-0.4, -0.2) is 35.5 Å². The van der Waals surface area contributed by atoms with Crippen molar-refractivity contribution in [3.63, 3.8) is 0 Å². The maximum atomic E-state index is 13.2. The van der Waals surface area contributed by atoms with Crippen LogP contribution in [0.5, 0.6) is 0 Å². The molecule has 1 aromatic heterocycles. The molecule has 2 heterocycles. The van der Waals surface area contributed by atoms with E-state index >= 15 is 0 Å². The van der Waals surface area contributed by atoms with Crippen molar-refractivity contribution in [3.05, 3.63) is 41.8 Å². The third-order valence-electron chi connectivity index (χ3n) is 6.31. The second-order valence-electron chi connectivity index (χ2n) is 9.13. The Morgan fingerprint density at radius 3 is 2.53 bits per heavy atom. The standard InChI is InChI=1S/C23H30FN5O/c1-15(16-9-11-17(24)12-10-16)26-22-25-13-19-20(27-22)29(18-7-5-6-8-18)14-23(2,3)21(30)28(19)4/h9-13,15,18H,5-8,14H2,1-4H3,(H,25,26,27). The van der Waals surface area contributed by atoms with Gasteiger partial charge < -0.3 is 15.1 Å². The highest BCUT2D eigenvalue weighted by molar-refractivity contribution is 6.00. The summed E-state index contributed by atoms with van der Waals surface area (Å²) in [5.74, 6) is 1.14. The number of nitrogens with zero attached hydrogens (tertiary/aromatic N) is 4. The first kappa shape index (κ1) is 20.6. The third kappa shape index (κ3) is 3.85. The molecule has 4 rings (SSSR count). The Labute approximate surface area is 177 Å². The van der Waals surface area contributed by atoms with Crippen LogP contribution in [0.25, 0.3) is 0 Å². The van der Waals surface area contributed by atoms with E-state index in [1.54, 1.807) is 30.3 Å². The molecule has 1 atom stereocenters. The molecule has 1 aliphatic heterocycles. The quantitative estimate of drug-likeness (QED) is 0.800. The van der Waals surface area contributed by atoms with Crippen molar-refractivity contribution >= 4 is 23.4 Å². The summed E-state index contributed by atoms with van der Waals surface area (Å²) in [7, 11) is 1.80. The van der Waals surface area contributed by atoms with Crippen LogP contribution < -0.4 is 15.1 Å². The van der Waals surface area contributed by atoms with Gasteiger partial charge in [0.1, 0.15) is 11.5 Å². The van der Waals surface area contributed by atoms with E-state index in [-0.39, 0.29) is 17.8 Å². The number of hydrogen-bond acceptors (Lipinski definition) is 5. The molecule has 7 heteroatoms. The fraction of sp³-hybridized carbons (Fsp3) is 0.522. The van der Waals surface area contributed by atoms with Crippen molar-refractivity contribution in [3.8, 4) is 0 Å². The van der Waals surface area contributed by atoms with Gasteiger partial charge in [0, 0.05) is 19.6 Å². The lowest BCUT2D eigenvalue weighted by Crippen LogP contribution is -2.45. The van der Waals surface area contributed by atoms with Crippen LogP contribution in [0.1, 0.15) is 58.1 Å². The molecule has 0 spiro atoms. The van der Waals surface area contributed by atoms with Crippen molar-refractivity contribution in [2.75, 3.05) is 28.7 Å². The minimum absolute atomic E-state index is 0.0771. The van der Waals surface area contributed by atoms with Gasteiger partial charge >= 0.3 is 0 Å². The summed E-state index contributed by atoms with van der Waals surface area (Å²) >= 11 is 0. The molecule has 6 nitrogen and oxygen atoms in total. The van der Waals surface area contributed by atoms with Gasteiger partial charge in [0.25, 0.3) is 0 Å². The highest BCUT2D eigenvalue weighted by Gasteiger charge is 2.41. The number of rotatable bonds is 4. The van der Waals surface area contributed by atoms with Gasteiger partial charge in [-0.1, -0.05) is 25.0 Å². The highest BCUT2D eigenvalue weighted by atomic mass is 19.1. The Kier molecular flexibility index (Phi) is 5.38. The molecule has 1 aromatic carbocycles. The minimum Gasteiger partial charge on any atom is -0.351 e.